The lowest BCUT2D eigenvalue weighted by atomic mass is 10.4. The highest BCUT2D eigenvalue weighted by molar-refractivity contribution is 6.64. The van der Waals surface area contributed by atoms with E-state index in [1.165, 1.54) is 0 Å². The number of rotatable bonds is 1. The van der Waals surface area contributed by atoms with E-state index in [0.717, 1.165) is 5.19 Å². The van der Waals surface area contributed by atoms with Gasteiger partial charge in [-0.3, -0.25) is 0 Å². The van der Waals surface area contributed by atoms with Crippen LogP contribution in [0, 0.1) is 0 Å². The van der Waals surface area contributed by atoms with Crippen LogP contribution in [0.1, 0.15) is 0 Å². The Labute approximate surface area is 56.7 Å². The average molecular weight is 138 g/mol. The molecule has 1 aromatic carbocycles. The third-order valence-corrected chi connectivity index (χ3v) is 2.63. The van der Waals surface area contributed by atoms with E-state index in [9.17, 15) is 0 Å². The van der Waals surface area contributed by atoms with E-state index in [1.54, 1.807) is 0 Å². The summed E-state index contributed by atoms with van der Waals surface area (Å²) in [5, 5.41) is 1.11. The van der Waals surface area contributed by atoms with Crippen LogP contribution in [0.5, 0.6) is 0 Å². The lowest BCUT2D eigenvalue weighted by molar-refractivity contribution is 0.594. The van der Waals surface area contributed by atoms with Gasteiger partial charge >= 0.3 is 0 Å². The summed E-state index contributed by atoms with van der Waals surface area (Å²) in [5.41, 5.74) is 0. The molecule has 1 aromatic rings. The van der Waals surface area contributed by atoms with Crippen molar-refractivity contribution in [3.05, 3.63) is 30.3 Å². The van der Waals surface area contributed by atoms with E-state index in [-0.39, 0.29) is 0 Å². The number of benzene rings is 1. The van der Waals surface area contributed by atoms with Crippen molar-refractivity contribution in [1.29, 1.82) is 0 Å². The maximum absolute atomic E-state index is 9.16. The molecule has 1 nitrogen and oxygen atoms in total. The van der Waals surface area contributed by atoms with Gasteiger partial charge in [0.05, 0.1) is 0 Å². The molecule has 0 saturated carbocycles. The van der Waals surface area contributed by atoms with Crippen molar-refractivity contribution in [1.82, 2.24) is 0 Å². The van der Waals surface area contributed by atoms with Gasteiger partial charge in [0.15, 0.2) is 0 Å². The zero-order valence-corrected chi connectivity index (χ0v) is 6.57. The Balaban J connectivity index is 2.85. The molecule has 0 heterocycles. The molecular weight excluding hydrogens is 128 g/mol. The van der Waals surface area contributed by atoms with Crippen LogP contribution in [0.2, 0.25) is 6.55 Å². The smallest absolute Gasteiger partial charge is 0.201 e. The first kappa shape index (κ1) is 6.52. The van der Waals surface area contributed by atoms with Crippen molar-refractivity contribution in [2.24, 2.45) is 0 Å². The van der Waals surface area contributed by atoms with Crippen LogP contribution in [0.3, 0.4) is 0 Å². The first-order valence-corrected chi connectivity index (χ1v) is 5.28. The summed E-state index contributed by atoms with van der Waals surface area (Å²) in [7, 11) is -1.53. The van der Waals surface area contributed by atoms with Gasteiger partial charge in [0.1, 0.15) is 0 Å². The first-order valence-electron chi connectivity index (χ1n) is 3.03. The second-order valence-electron chi connectivity index (χ2n) is 2.09. The Morgan fingerprint density at radius 2 is 1.78 bits per heavy atom. The van der Waals surface area contributed by atoms with Crippen molar-refractivity contribution in [3.63, 3.8) is 0 Å². The Hall–Kier alpha value is -0.603. The molecule has 0 fully saturated rings. The molecule has 0 aliphatic heterocycles. The molecule has 48 valence electrons. The van der Waals surface area contributed by atoms with Crippen molar-refractivity contribution in [2.75, 3.05) is 0 Å². The molecule has 0 aromatic heterocycles. The Kier molecular flexibility index (Phi) is 2.03. The van der Waals surface area contributed by atoms with Gasteiger partial charge in [0.2, 0.25) is 9.04 Å². The van der Waals surface area contributed by atoms with Gasteiger partial charge in [-0.25, -0.2) is 0 Å². The minimum Gasteiger partial charge on any atom is -0.431 e. The molecule has 0 aliphatic rings. The lowest BCUT2D eigenvalue weighted by Crippen LogP contribution is -2.25. The molecule has 0 aliphatic carbocycles. The summed E-state index contributed by atoms with van der Waals surface area (Å²) < 4.78 is 0. The van der Waals surface area contributed by atoms with Gasteiger partial charge < -0.3 is 4.80 Å². The SMILES string of the molecule is C[SiH](O)c1ccccc1. The normalized spacial score (nSPS) is 13.1. The topological polar surface area (TPSA) is 20.2 Å². The van der Waals surface area contributed by atoms with Crippen LogP contribution in [-0.4, -0.2) is 13.8 Å². The van der Waals surface area contributed by atoms with Gasteiger partial charge in [-0.15, -0.1) is 0 Å². The van der Waals surface area contributed by atoms with Crippen LogP contribution in [0.4, 0.5) is 0 Å². The number of hydrogen-bond acceptors (Lipinski definition) is 1. The summed E-state index contributed by atoms with van der Waals surface area (Å²) >= 11 is 0. The predicted octanol–water partition coefficient (Wildman–Crippen LogP) is 0.240. The summed E-state index contributed by atoms with van der Waals surface area (Å²) in [6, 6.07) is 9.80. The minimum atomic E-state index is -1.53. The Morgan fingerprint density at radius 3 is 2.11 bits per heavy atom. The second-order valence-corrected chi connectivity index (χ2v) is 4.11. The highest BCUT2D eigenvalue weighted by Crippen LogP contribution is 1.83. The van der Waals surface area contributed by atoms with Gasteiger partial charge in [0, 0.05) is 0 Å². The maximum Gasteiger partial charge on any atom is 0.201 e. The molecule has 1 atom stereocenters. The Morgan fingerprint density at radius 1 is 1.22 bits per heavy atom. The lowest BCUT2D eigenvalue weighted by Gasteiger charge is -1.98. The van der Waals surface area contributed by atoms with Gasteiger partial charge in [-0.05, 0) is 11.7 Å². The van der Waals surface area contributed by atoms with E-state index in [2.05, 4.69) is 0 Å². The molecule has 1 rings (SSSR count). The van der Waals surface area contributed by atoms with Crippen molar-refractivity contribution in [2.45, 2.75) is 6.55 Å². The monoisotopic (exact) mass is 138 g/mol. The Bertz CT molecular complexity index is 172. The van der Waals surface area contributed by atoms with Crippen LogP contribution in [0.25, 0.3) is 0 Å². The molecule has 2 heteroatoms. The van der Waals surface area contributed by atoms with Gasteiger partial charge in [0.25, 0.3) is 0 Å². The molecule has 0 bridgehead atoms. The predicted molar refractivity (Wildman–Crippen MR) is 41.3 cm³/mol. The average Bonchev–Trinajstić information content (AvgIpc) is 1.90. The number of hydrogen-bond donors (Lipinski definition) is 1. The maximum atomic E-state index is 9.16. The van der Waals surface area contributed by atoms with Crippen LogP contribution >= 0.6 is 0 Å². The highest BCUT2D eigenvalue weighted by atomic mass is 28.3. The molecule has 0 spiro atoms. The zero-order valence-electron chi connectivity index (χ0n) is 5.41. The third kappa shape index (κ3) is 1.66. The zero-order chi connectivity index (χ0) is 6.69. The van der Waals surface area contributed by atoms with E-state index < -0.39 is 9.04 Å². The van der Waals surface area contributed by atoms with Crippen molar-refractivity contribution in [3.8, 4) is 0 Å². The van der Waals surface area contributed by atoms with E-state index in [4.69, 9.17) is 4.80 Å². The van der Waals surface area contributed by atoms with Crippen LogP contribution in [0.15, 0.2) is 30.3 Å². The van der Waals surface area contributed by atoms with E-state index >= 15 is 0 Å². The first-order chi connectivity index (χ1) is 4.30. The van der Waals surface area contributed by atoms with Crippen LogP contribution < -0.4 is 5.19 Å². The quantitative estimate of drug-likeness (QED) is 0.551. The molecule has 1 unspecified atom stereocenters. The summed E-state index contributed by atoms with van der Waals surface area (Å²) in [4.78, 5) is 9.16. The molecule has 1 N–H and O–H groups in total. The fourth-order valence-corrected chi connectivity index (χ4v) is 1.51. The summed E-state index contributed by atoms with van der Waals surface area (Å²) in [5.74, 6) is 0. The third-order valence-electron chi connectivity index (χ3n) is 1.28. The van der Waals surface area contributed by atoms with Crippen LogP contribution in [-0.2, 0) is 0 Å². The molecule has 0 amide bonds. The fraction of sp³-hybridized carbons (Fsp3) is 0.143. The van der Waals surface area contributed by atoms with Gasteiger partial charge in [-0.2, -0.15) is 0 Å². The molecular formula is C7H10OSi. The molecule has 9 heavy (non-hydrogen) atoms. The molecule has 0 radical (unpaired) electrons. The van der Waals surface area contributed by atoms with E-state index in [0.29, 0.717) is 0 Å². The van der Waals surface area contributed by atoms with Crippen molar-refractivity contribution < 1.29 is 4.80 Å². The van der Waals surface area contributed by atoms with E-state index in [1.807, 2.05) is 36.9 Å². The summed E-state index contributed by atoms with van der Waals surface area (Å²) in [6.45, 7) is 1.90. The second kappa shape index (κ2) is 2.80. The standard InChI is InChI=1S/C7H10OSi/c1-9(8)7-5-3-2-4-6-7/h2-6,8-9H,1H3. The highest BCUT2D eigenvalue weighted by Gasteiger charge is 1.98. The fourth-order valence-electron chi connectivity index (χ4n) is 0.732. The summed E-state index contributed by atoms with van der Waals surface area (Å²) in [6.07, 6.45) is 0. The molecule has 0 saturated heterocycles. The largest absolute Gasteiger partial charge is 0.431 e. The van der Waals surface area contributed by atoms with Gasteiger partial charge in [-0.1, -0.05) is 30.3 Å². The minimum absolute atomic E-state index is 1.11. The van der Waals surface area contributed by atoms with Crippen molar-refractivity contribution >= 4 is 14.2 Å².